The third kappa shape index (κ3) is 4.86. The van der Waals surface area contributed by atoms with Crippen LogP contribution >= 0.6 is 11.3 Å². The van der Waals surface area contributed by atoms with Crippen LogP contribution in [0.25, 0.3) is 11.3 Å². The molecule has 1 heterocycles. The lowest BCUT2D eigenvalue weighted by molar-refractivity contribution is -0.121. The summed E-state index contributed by atoms with van der Waals surface area (Å²) in [4.78, 5) is 16.1. The number of phenols is 1. The molecule has 0 aliphatic rings. The number of aromatic hydroxyl groups is 1. The summed E-state index contributed by atoms with van der Waals surface area (Å²) < 4.78 is 0. The number of hydrogen-bond donors (Lipinski definition) is 2. The highest BCUT2D eigenvalue weighted by molar-refractivity contribution is 7.09. The van der Waals surface area contributed by atoms with Gasteiger partial charge in [0.1, 0.15) is 5.75 Å². The Labute approximate surface area is 128 Å². The number of carbonyl (C=O) groups is 1. The number of unbranched alkanes of at least 4 members (excludes halogenated alkanes) is 1. The van der Waals surface area contributed by atoms with Crippen LogP contribution in [0.1, 0.15) is 31.2 Å². The fourth-order valence-electron chi connectivity index (χ4n) is 1.93. The van der Waals surface area contributed by atoms with Gasteiger partial charge in [0.2, 0.25) is 5.91 Å². The molecule has 1 aromatic heterocycles. The van der Waals surface area contributed by atoms with Gasteiger partial charge in [0.25, 0.3) is 0 Å². The van der Waals surface area contributed by atoms with Gasteiger partial charge in [-0.25, -0.2) is 4.98 Å². The topological polar surface area (TPSA) is 62.2 Å². The highest BCUT2D eigenvalue weighted by atomic mass is 32.1. The van der Waals surface area contributed by atoms with E-state index >= 15 is 0 Å². The zero-order chi connectivity index (χ0) is 15.1. The molecule has 2 aromatic rings. The molecule has 21 heavy (non-hydrogen) atoms. The van der Waals surface area contributed by atoms with E-state index < -0.39 is 0 Å². The number of carbonyl (C=O) groups excluding carboxylic acids is 1. The molecule has 2 rings (SSSR count). The van der Waals surface area contributed by atoms with Gasteiger partial charge in [-0.05, 0) is 30.7 Å². The fourth-order valence-corrected chi connectivity index (χ4v) is 2.73. The van der Waals surface area contributed by atoms with Crippen molar-refractivity contribution < 1.29 is 9.90 Å². The van der Waals surface area contributed by atoms with Crippen molar-refractivity contribution in [2.45, 2.75) is 32.6 Å². The standard InChI is InChI=1S/C16H20N2O2S/c1-2-3-4-15(20)17-10-9-16-18-14(11-21-16)12-5-7-13(19)8-6-12/h5-8,11,19H,2-4,9-10H2,1H3,(H,17,20). The van der Waals surface area contributed by atoms with Crippen molar-refractivity contribution in [2.75, 3.05) is 6.54 Å². The Morgan fingerprint density at radius 3 is 2.81 bits per heavy atom. The predicted molar refractivity (Wildman–Crippen MR) is 85.5 cm³/mol. The lowest BCUT2D eigenvalue weighted by atomic mass is 10.2. The Balaban J connectivity index is 1.83. The van der Waals surface area contributed by atoms with Crippen LogP contribution in [0.4, 0.5) is 0 Å². The minimum absolute atomic E-state index is 0.118. The Bertz CT molecular complexity index is 578. The van der Waals surface area contributed by atoms with Crippen molar-refractivity contribution in [3.05, 3.63) is 34.7 Å². The zero-order valence-corrected chi connectivity index (χ0v) is 12.9. The number of amides is 1. The maximum absolute atomic E-state index is 11.5. The second-order valence-electron chi connectivity index (χ2n) is 4.88. The smallest absolute Gasteiger partial charge is 0.220 e. The Morgan fingerprint density at radius 1 is 1.33 bits per heavy atom. The number of hydrogen-bond acceptors (Lipinski definition) is 4. The first-order valence-electron chi connectivity index (χ1n) is 7.19. The van der Waals surface area contributed by atoms with E-state index in [1.165, 1.54) is 0 Å². The number of aromatic nitrogens is 1. The SMILES string of the molecule is CCCCC(=O)NCCc1nc(-c2ccc(O)cc2)cs1. The monoisotopic (exact) mass is 304 g/mol. The summed E-state index contributed by atoms with van der Waals surface area (Å²) in [5.74, 6) is 0.371. The third-order valence-corrected chi connectivity index (χ3v) is 4.04. The van der Waals surface area contributed by atoms with Crippen LogP contribution in [-0.2, 0) is 11.2 Å². The lowest BCUT2D eigenvalue weighted by Crippen LogP contribution is -2.25. The van der Waals surface area contributed by atoms with Gasteiger partial charge < -0.3 is 10.4 Å². The largest absolute Gasteiger partial charge is 0.508 e. The molecule has 0 fully saturated rings. The fraction of sp³-hybridized carbons (Fsp3) is 0.375. The molecular formula is C16H20N2O2S. The highest BCUT2D eigenvalue weighted by Gasteiger charge is 2.05. The number of thiazole rings is 1. The number of nitrogens with one attached hydrogen (secondary N) is 1. The van der Waals surface area contributed by atoms with E-state index in [0.29, 0.717) is 13.0 Å². The maximum Gasteiger partial charge on any atom is 0.220 e. The van der Waals surface area contributed by atoms with Crippen LogP contribution in [0.5, 0.6) is 5.75 Å². The quantitative estimate of drug-likeness (QED) is 0.824. The molecule has 0 saturated heterocycles. The molecular weight excluding hydrogens is 284 g/mol. The Hall–Kier alpha value is -1.88. The van der Waals surface area contributed by atoms with Gasteiger partial charge >= 0.3 is 0 Å². The van der Waals surface area contributed by atoms with E-state index in [1.807, 2.05) is 17.5 Å². The normalized spacial score (nSPS) is 10.5. The number of rotatable bonds is 7. The molecule has 0 radical (unpaired) electrons. The summed E-state index contributed by atoms with van der Waals surface area (Å²) >= 11 is 1.59. The van der Waals surface area contributed by atoms with Gasteiger partial charge in [-0.3, -0.25) is 4.79 Å². The van der Waals surface area contributed by atoms with Crippen LogP contribution < -0.4 is 5.32 Å². The molecule has 0 aliphatic carbocycles. The number of benzene rings is 1. The van der Waals surface area contributed by atoms with E-state index in [1.54, 1.807) is 23.5 Å². The van der Waals surface area contributed by atoms with E-state index in [0.717, 1.165) is 35.5 Å². The van der Waals surface area contributed by atoms with Gasteiger partial charge in [-0.15, -0.1) is 11.3 Å². The second-order valence-corrected chi connectivity index (χ2v) is 5.82. The van der Waals surface area contributed by atoms with Crippen molar-refractivity contribution in [3.8, 4) is 17.0 Å². The van der Waals surface area contributed by atoms with Crippen molar-refractivity contribution in [1.29, 1.82) is 0 Å². The van der Waals surface area contributed by atoms with Gasteiger partial charge in [0.05, 0.1) is 10.7 Å². The first-order chi connectivity index (χ1) is 10.2. The Morgan fingerprint density at radius 2 is 2.10 bits per heavy atom. The third-order valence-electron chi connectivity index (χ3n) is 3.13. The molecule has 4 nitrogen and oxygen atoms in total. The molecule has 0 bridgehead atoms. The van der Waals surface area contributed by atoms with E-state index in [4.69, 9.17) is 0 Å². The predicted octanol–water partition coefficient (Wildman–Crippen LogP) is 3.36. The lowest BCUT2D eigenvalue weighted by Gasteiger charge is -2.02. The summed E-state index contributed by atoms with van der Waals surface area (Å²) in [6, 6.07) is 7.01. The van der Waals surface area contributed by atoms with Gasteiger partial charge in [-0.1, -0.05) is 13.3 Å². The molecule has 0 saturated carbocycles. The summed E-state index contributed by atoms with van der Waals surface area (Å²) in [5, 5.41) is 15.2. The highest BCUT2D eigenvalue weighted by Crippen LogP contribution is 2.23. The van der Waals surface area contributed by atoms with Crippen molar-refractivity contribution in [3.63, 3.8) is 0 Å². The molecule has 5 heteroatoms. The summed E-state index contributed by atoms with van der Waals surface area (Å²) in [6.45, 7) is 2.71. The van der Waals surface area contributed by atoms with E-state index in [-0.39, 0.29) is 11.7 Å². The minimum Gasteiger partial charge on any atom is -0.508 e. The molecule has 112 valence electrons. The van der Waals surface area contributed by atoms with Gasteiger partial charge in [0.15, 0.2) is 0 Å². The molecule has 2 N–H and O–H groups in total. The molecule has 1 aromatic carbocycles. The van der Waals surface area contributed by atoms with Crippen molar-refractivity contribution >= 4 is 17.2 Å². The molecule has 1 amide bonds. The van der Waals surface area contributed by atoms with Crippen molar-refractivity contribution in [1.82, 2.24) is 10.3 Å². The Kier molecular flexibility index (Phi) is 5.75. The molecule has 0 spiro atoms. The first-order valence-corrected chi connectivity index (χ1v) is 8.07. The zero-order valence-electron chi connectivity index (χ0n) is 12.1. The van der Waals surface area contributed by atoms with Crippen molar-refractivity contribution in [2.24, 2.45) is 0 Å². The average Bonchev–Trinajstić information content (AvgIpc) is 2.95. The van der Waals surface area contributed by atoms with Gasteiger partial charge in [-0.2, -0.15) is 0 Å². The number of phenolic OH excluding ortho intramolecular Hbond substituents is 1. The van der Waals surface area contributed by atoms with Crippen LogP contribution in [0, 0.1) is 0 Å². The minimum atomic E-state index is 0.118. The number of nitrogens with zero attached hydrogens (tertiary/aromatic N) is 1. The van der Waals surface area contributed by atoms with Crippen LogP contribution in [0.15, 0.2) is 29.6 Å². The van der Waals surface area contributed by atoms with Crippen LogP contribution in [0.2, 0.25) is 0 Å². The molecule has 0 atom stereocenters. The maximum atomic E-state index is 11.5. The van der Waals surface area contributed by atoms with Crippen LogP contribution in [-0.4, -0.2) is 22.5 Å². The summed E-state index contributed by atoms with van der Waals surface area (Å²) in [6.07, 6.45) is 3.33. The first kappa shape index (κ1) is 15.5. The van der Waals surface area contributed by atoms with Crippen LogP contribution in [0.3, 0.4) is 0 Å². The summed E-state index contributed by atoms with van der Waals surface area (Å²) in [7, 11) is 0. The second kappa shape index (κ2) is 7.78. The van der Waals surface area contributed by atoms with E-state index in [9.17, 15) is 9.90 Å². The average molecular weight is 304 g/mol. The summed E-state index contributed by atoms with van der Waals surface area (Å²) in [5.41, 5.74) is 1.90. The molecule has 0 unspecified atom stereocenters. The van der Waals surface area contributed by atoms with Gasteiger partial charge in [0, 0.05) is 30.3 Å². The van der Waals surface area contributed by atoms with E-state index in [2.05, 4.69) is 17.2 Å². The molecule has 0 aliphatic heterocycles.